The zero-order valence-corrected chi connectivity index (χ0v) is 11.1. The van der Waals surface area contributed by atoms with E-state index in [9.17, 15) is 0 Å². The van der Waals surface area contributed by atoms with Crippen molar-refractivity contribution in [2.45, 2.75) is 57.7 Å². The molecule has 0 amide bonds. The second-order valence-electron chi connectivity index (χ2n) is 4.82. The quantitative estimate of drug-likeness (QED) is 0.533. The number of hydrogen-bond acceptors (Lipinski definition) is 2. The van der Waals surface area contributed by atoms with Gasteiger partial charge in [0.25, 0.3) is 0 Å². The maximum atomic E-state index is 6.31. The predicted molar refractivity (Wildman–Crippen MR) is 68.9 cm³/mol. The highest BCUT2D eigenvalue weighted by Gasteiger charge is 2.48. The Kier molecular flexibility index (Phi) is 4.29. The third kappa shape index (κ3) is 2.01. The molecule has 0 saturated heterocycles. The Hall–Kier alpha value is 0.0500. The normalized spacial score (nSPS) is 24.5. The van der Waals surface area contributed by atoms with Crippen LogP contribution in [-0.2, 0) is 0 Å². The van der Waals surface area contributed by atoms with Gasteiger partial charge in [-0.05, 0) is 26.7 Å². The first-order valence-electron chi connectivity index (χ1n) is 5.33. The van der Waals surface area contributed by atoms with Crippen LogP contribution in [0.25, 0.3) is 0 Å². The van der Waals surface area contributed by atoms with E-state index in [0.29, 0.717) is 0 Å². The molecule has 14 heavy (non-hydrogen) atoms. The van der Waals surface area contributed by atoms with Crippen molar-refractivity contribution in [1.29, 1.82) is 0 Å². The predicted octanol–water partition coefficient (Wildman–Crippen LogP) is 3.40. The molecule has 3 atom stereocenters. The summed E-state index contributed by atoms with van der Waals surface area (Å²) in [5.74, 6) is 0. The van der Waals surface area contributed by atoms with Crippen LogP contribution in [0.3, 0.4) is 0 Å². The highest BCUT2D eigenvalue weighted by Crippen LogP contribution is 2.47. The molecule has 0 aliphatic rings. The molecule has 2 heteroatoms. The van der Waals surface area contributed by atoms with E-state index in [1.54, 1.807) is 0 Å². The first-order valence-corrected chi connectivity index (χ1v) is 5.78. The molecule has 0 heterocycles. The van der Waals surface area contributed by atoms with Gasteiger partial charge < -0.3 is 5.73 Å². The lowest BCUT2D eigenvalue weighted by Crippen LogP contribution is -2.60. The van der Waals surface area contributed by atoms with E-state index in [4.69, 9.17) is 18.4 Å². The fraction of sp³-hybridized carbons (Fsp3) is 0.833. The molecule has 0 spiro atoms. The maximum Gasteiger partial charge on any atom is 0.0366 e. The van der Waals surface area contributed by atoms with Crippen LogP contribution in [0, 0.1) is 5.41 Å². The van der Waals surface area contributed by atoms with E-state index in [-0.39, 0.29) is 15.7 Å². The van der Waals surface area contributed by atoms with Gasteiger partial charge in [0, 0.05) is 15.7 Å². The Morgan fingerprint density at radius 2 is 1.64 bits per heavy atom. The first-order chi connectivity index (χ1) is 6.18. The molecule has 0 fully saturated rings. The van der Waals surface area contributed by atoms with Gasteiger partial charge in [-0.15, -0.1) is 6.58 Å². The molecule has 0 aromatic carbocycles. The summed E-state index contributed by atoms with van der Waals surface area (Å²) in [7, 11) is 0. The standard InChI is InChI=1S/C12H25NS/c1-7-10(4,8-2)12(6,14)11(5,13)9-3/h7,14H,1,8-9,13H2,2-6H3. The Morgan fingerprint density at radius 3 is 1.86 bits per heavy atom. The number of nitrogens with two attached hydrogens (primary N) is 1. The summed E-state index contributed by atoms with van der Waals surface area (Å²) in [5, 5.41) is 0. The third-order valence-corrected chi connectivity index (χ3v) is 5.17. The Labute approximate surface area is 94.6 Å². The topological polar surface area (TPSA) is 26.0 Å². The molecular formula is C12H25NS. The second-order valence-corrected chi connectivity index (χ2v) is 5.71. The summed E-state index contributed by atoms with van der Waals surface area (Å²) in [6.07, 6.45) is 3.90. The van der Waals surface area contributed by atoms with Crippen LogP contribution in [0.5, 0.6) is 0 Å². The molecule has 0 bridgehead atoms. The van der Waals surface area contributed by atoms with Gasteiger partial charge in [0.1, 0.15) is 0 Å². The summed E-state index contributed by atoms with van der Waals surface area (Å²) >= 11 is 4.79. The Bertz CT molecular complexity index is 208. The lowest BCUT2D eigenvalue weighted by molar-refractivity contribution is 0.196. The molecule has 0 aromatic heterocycles. The third-order valence-electron chi connectivity index (χ3n) is 4.14. The highest BCUT2D eigenvalue weighted by atomic mass is 32.1. The molecule has 84 valence electrons. The van der Waals surface area contributed by atoms with Gasteiger partial charge >= 0.3 is 0 Å². The molecule has 3 unspecified atom stereocenters. The highest BCUT2D eigenvalue weighted by molar-refractivity contribution is 7.82. The Morgan fingerprint density at radius 1 is 1.21 bits per heavy atom. The maximum absolute atomic E-state index is 6.31. The van der Waals surface area contributed by atoms with Crippen molar-refractivity contribution < 1.29 is 0 Å². The number of allylic oxidation sites excluding steroid dienone is 1. The average molecular weight is 215 g/mol. The van der Waals surface area contributed by atoms with Crippen LogP contribution in [0.2, 0.25) is 0 Å². The van der Waals surface area contributed by atoms with E-state index in [1.165, 1.54) is 0 Å². The molecule has 0 aromatic rings. The van der Waals surface area contributed by atoms with Crippen LogP contribution < -0.4 is 5.73 Å². The van der Waals surface area contributed by atoms with Gasteiger partial charge in [-0.3, -0.25) is 0 Å². The zero-order chi connectivity index (χ0) is 11.6. The molecule has 0 radical (unpaired) electrons. The first kappa shape index (κ1) is 14.1. The minimum Gasteiger partial charge on any atom is -0.324 e. The van der Waals surface area contributed by atoms with Crippen molar-refractivity contribution in [3.63, 3.8) is 0 Å². The summed E-state index contributed by atoms with van der Waals surface area (Å²) in [4.78, 5) is 0. The van der Waals surface area contributed by atoms with Gasteiger partial charge in [0.05, 0.1) is 0 Å². The fourth-order valence-electron chi connectivity index (χ4n) is 1.68. The van der Waals surface area contributed by atoms with E-state index in [1.807, 2.05) is 6.08 Å². The van der Waals surface area contributed by atoms with Crippen LogP contribution in [0.15, 0.2) is 12.7 Å². The van der Waals surface area contributed by atoms with Crippen LogP contribution in [0.1, 0.15) is 47.5 Å². The van der Waals surface area contributed by atoms with Crippen molar-refractivity contribution in [3.8, 4) is 0 Å². The molecule has 1 nitrogen and oxygen atoms in total. The molecule has 0 saturated carbocycles. The summed E-state index contributed by atoms with van der Waals surface area (Å²) < 4.78 is -0.245. The second kappa shape index (κ2) is 4.28. The van der Waals surface area contributed by atoms with Gasteiger partial charge in [0.2, 0.25) is 0 Å². The monoisotopic (exact) mass is 215 g/mol. The smallest absolute Gasteiger partial charge is 0.0366 e. The van der Waals surface area contributed by atoms with Crippen molar-refractivity contribution >= 4 is 12.6 Å². The lowest BCUT2D eigenvalue weighted by atomic mass is 9.65. The van der Waals surface area contributed by atoms with E-state index in [2.05, 4.69) is 41.2 Å². The van der Waals surface area contributed by atoms with Gasteiger partial charge in [-0.25, -0.2) is 0 Å². The van der Waals surface area contributed by atoms with Gasteiger partial charge in [-0.2, -0.15) is 12.6 Å². The summed E-state index contributed by atoms with van der Waals surface area (Å²) in [6.45, 7) is 14.5. The van der Waals surface area contributed by atoms with Crippen molar-refractivity contribution in [1.82, 2.24) is 0 Å². The largest absolute Gasteiger partial charge is 0.324 e. The van der Waals surface area contributed by atoms with Crippen molar-refractivity contribution in [3.05, 3.63) is 12.7 Å². The fourth-order valence-corrected chi connectivity index (χ4v) is 2.09. The van der Waals surface area contributed by atoms with Crippen LogP contribution in [0.4, 0.5) is 0 Å². The molecule has 0 aliphatic carbocycles. The van der Waals surface area contributed by atoms with E-state index < -0.39 is 0 Å². The zero-order valence-electron chi connectivity index (χ0n) is 10.2. The molecule has 2 N–H and O–H groups in total. The van der Waals surface area contributed by atoms with Crippen molar-refractivity contribution in [2.75, 3.05) is 0 Å². The number of thiol groups is 1. The summed E-state index contributed by atoms with van der Waals surface area (Å²) in [5.41, 5.74) is 5.99. The van der Waals surface area contributed by atoms with E-state index >= 15 is 0 Å². The SMILES string of the molecule is C=CC(C)(CC)C(C)(S)C(C)(N)CC. The average Bonchev–Trinajstić information content (AvgIpc) is 2.15. The molecule has 0 aliphatic heterocycles. The summed E-state index contributed by atoms with van der Waals surface area (Å²) in [6, 6.07) is 0. The lowest BCUT2D eigenvalue weighted by Gasteiger charge is -2.50. The Balaban J connectivity index is 5.21. The van der Waals surface area contributed by atoms with Gasteiger partial charge in [0.15, 0.2) is 0 Å². The minimum absolute atomic E-state index is 0.0321. The van der Waals surface area contributed by atoms with Crippen molar-refractivity contribution in [2.24, 2.45) is 11.1 Å². The molecule has 0 rings (SSSR count). The molecular weight excluding hydrogens is 190 g/mol. The number of hydrogen-bond donors (Lipinski definition) is 2. The van der Waals surface area contributed by atoms with Crippen LogP contribution >= 0.6 is 12.6 Å². The number of rotatable bonds is 5. The minimum atomic E-state index is -0.283. The van der Waals surface area contributed by atoms with E-state index in [0.717, 1.165) is 12.8 Å². The van der Waals surface area contributed by atoms with Crippen LogP contribution in [-0.4, -0.2) is 10.3 Å². The van der Waals surface area contributed by atoms with Gasteiger partial charge in [-0.1, -0.05) is 26.8 Å².